The highest BCUT2D eigenvalue weighted by atomic mass is 19.4. The van der Waals surface area contributed by atoms with Crippen molar-refractivity contribution in [1.82, 2.24) is 0 Å². The van der Waals surface area contributed by atoms with E-state index in [-0.39, 0.29) is 38.0 Å². The molecule has 0 rings (SSSR count). The van der Waals surface area contributed by atoms with Gasteiger partial charge in [-0.15, -0.1) is 0 Å². The fourth-order valence-electron chi connectivity index (χ4n) is 3.31. The van der Waals surface area contributed by atoms with E-state index in [1.54, 1.807) is 20.8 Å². The van der Waals surface area contributed by atoms with Crippen LogP contribution in [0.2, 0.25) is 0 Å². The summed E-state index contributed by atoms with van der Waals surface area (Å²) < 4.78 is 209. The fraction of sp³-hybridized carbons (Fsp3) is 1.00. The molecule has 0 aromatic rings. The third-order valence-corrected chi connectivity index (χ3v) is 8.13. The van der Waals surface area contributed by atoms with Crippen LogP contribution in [0.5, 0.6) is 0 Å². The maximum Gasteiger partial charge on any atom is 0.453 e. The van der Waals surface area contributed by atoms with Gasteiger partial charge in [0.25, 0.3) is 5.92 Å². The summed E-state index contributed by atoms with van der Waals surface area (Å²) in [6.45, 7) is -1.22. The average Bonchev–Trinajstić information content (AvgIpc) is 3.15. The van der Waals surface area contributed by atoms with Gasteiger partial charge in [-0.05, 0) is 25.7 Å². The van der Waals surface area contributed by atoms with E-state index < -0.39 is 157 Å². The molecule has 28 heteroatoms. The van der Waals surface area contributed by atoms with Crippen LogP contribution in [0.4, 0.5) is 70.2 Å². The Balaban J connectivity index is -0.000000112. The Kier molecular flexibility index (Phi) is 32.2. The number of aliphatic hydroxyl groups excluding tert-OH is 4. The van der Waals surface area contributed by atoms with Gasteiger partial charge >= 0.3 is 30.6 Å². The van der Waals surface area contributed by atoms with Crippen molar-refractivity contribution in [3.63, 3.8) is 0 Å². The van der Waals surface area contributed by atoms with Gasteiger partial charge in [-0.3, -0.25) is 0 Å². The molecule has 4 unspecified atom stereocenters. The Bertz CT molecular complexity index is 1110. The fourth-order valence-corrected chi connectivity index (χ4v) is 3.31. The van der Waals surface area contributed by atoms with E-state index in [0.717, 1.165) is 0 Å². The summed E-state index contributed by atoms with van der Waals surface area (Å²) in [4.78, 5) is 0. The molecule has 0 saturated heterocycles. The van der Waals surface area contributed by atoms with Gasteiger partial charge in [-0.25, -0.2) is 8.78 Å². The van der Waals surface area contributed by atoms with Crippen LogP contribution in [-0.2, 0) is 18.9 Å². The lowest BCUT2D eigenvalue weighted by Crippen LogP contribution is -2.40. The number of hydrogen-bond donors (Lipinski definition) is 8. The second-order valence-corrected chi connectivity index (χ2v) is 13.9. The number of aliphatic hydroxyl groups is 8. The smallest absolute Gasteiger partial charge is 0.393 e. The zero-order chi connectivity index (χ0) is 50.0. The van der Waals surface area contributed by atoms with Crippen molar-refractivity contribution < 1.29 is 136 Å². The monoisotopic (exact) mass is 972 g/mol. The van der Waals surface area contributed by atoms with Gasteiger partial charge in [0.15, 0.2) is 0 Å². The maximum atomic E-state index is 12.8. The summed E-state index contributed by atoms with van der Waals surface area (Å²) in [5.41, 5.74) is -6.14. The van der Waals surface area contributed by atoms with Gasteiger partial charge in [0.05, 0.1) is 79.1 Å². The molecule has 0 aromatic carbocycles. The molecule has 4 atom stereocenters. The lowest BCUT2D eigenvalue weighted by molar-refractivity contribution is -0.287. The number of hydrogen-bond acceptors (Lipinski definition) is 12. The Morgan fingerprint density at radius 1 is 0.371 bits per heavy atom. The van der Waals surface area contributed by atoms with Gasteiger partial charge in [0.2, 0.25) is 0 Å². The van der Waals surface area contributed by atoms with Crippen molar-refractivity contribution in [3.05, 3.63) is 0 Å². The molecule has 0 aliphatic rings. The molecular formula is C34H68F16O12. The lowest BCUT2D eigenvalue weighted by Gasteiger charge is -2.25. The summed E-state index contributed by atoms with van der Waals surface area (Å²) in [7, 11) is 0. The highest BCUT2D eigenvalue weighted by Gasteiger charge is 2.56. The van der Waals surface area contributed by atoms with Gasteiger partial charge < -0.3 is 59.8 Å². The first-order valence-corrected chi connectivity index (χ1v) is 18.4. The quantitative estimate of drug-likeness (QED) is 0.0342. The highest BCUT2D eigenvalue weighted by Crippen LogP contribution is 2.38. The first-order chi connectivity index (χ1) is 27.8. The SMILES string of the molecule is CCC(O)(CO)COCC(F)(F)F.CCC(O)(CO)COCCC(F)(F)C(F)(F)F.CCC(O)(CO)COCCC(F)(F)CC(F)(F)F.CCC(O)(CO)COCCC(F)(F)F.[HH].[HH].[HH].[HH]. The molecule has 0 aliphatic carbocycles. The third-order valence-electron chi connectivity index (χ3n) is 8.13. The molecule has 62 heavy (non-hydrogen) atoms. The Hall–Kier alpha value is -1.60. The standard InChI is InChI=1S/C10H17F5O3.C9H15F5O3.C8H15F3O3.C7H13F3O3.4H2/c1-2-8(17,6-16)7-18-4-3-9(11,12)5-10(13,14)15;1-2-7(16,5-15)6-17-4-3-8(10,11)9(12,13)14;1-2-7(13,5-12)6-14-4-3-8(9,10)11;1-2-6(12,3-11)4-13-5-7(8,9)10;;;;/h16-17H,2-7H2,1H3;15-16H,2-6H2,1H3;12-13H,2-6H2,1H3;11-12H,2-5H2,1H3;4*1H. The van der Waals surface area contributed by atoms with E-state index in [0.29, 0.717) is 0 Å². The summed E-state index contributed by atoms with van der Waals surface area (Å²) in [5.74, 6) is -8.70. The van der Waals surface area contributed by atoms with E-state index in [9.17, 15) is 90.7 Å². The number of alkyl halides is 16. The third kappa shape index (κ3) is 36.7. The predicted molar refractivity (Wildman–Crippen MR) is 194 cm³/mol. The van der Waals surface area contributed by atoms with Crippen LogP contribution in [0.15, 0.2) is 0 Å². The van der Waals surface area contributed by atoms with E-state index in [2.05, 4.69) is 18.9 Å². The van der Waals surface area contributed by atoms with Crippen LogP contribution in [0, 0.1) is 0 Å². The minimum absolute atomic E-state index is 0. The van der Waals surface area contributed by atoms with Gasteiger partial charge in [-0.1, -0.05) is 27.7 Å². The molecule has 0 saturated carbocycles. The molecule has 0 aromatic heterocycles. The molecule has 0 bridgehead atoms. The largest absolute Gasteiger partial charge is 0.453 e. The van der Waals surface area contributed by atoms with E-state index in [1.165, 1.54) is 6.92 Å². The second-order valence-electron chi connectivity index (χ2n) is 13.9. The van der Waals surface area contributed by atoms with Crippen molar-refractivity contribution in [1.29, 1.82) is 0 Å². The minimum atomic E-state index is -5.60. The first kappa shape index (κ1) is 67.0. The second kappa shape index (κ2) is 29.8. The highest BCUT2D eigenvalue weighted by molar-refractivity contribution is 4.79. The molecule has 12 nitrogen and oxygen atoms in total. The average molecular weight is 973 g/mol. The van der Waals surface area contributed by atoms with Crippen molar-refractivity contribution in [2.75, 3.05) is 79.3 Å². The van der Waals surface area contributed by atoms with E-state index in [1.807, 2.05) is 0 Å². The summed E-state index contributed by atoms with van der Waals surface area (Å²) >= 11 is 0. The van der Waals surface area contributed by atoms with Gasteiger partial charge in [0.1, 0.15) is 35.4 Å². The van der Waals surface area contributed by atoms with Crippen molar-refractivity contribution in [2.45, 2.75) is 138 Å². The van der Waals surface area contributed by atoms with Crippen LogP contribution in [0.1, 0.15) is 84.8 Å². The molecule has 0 aliphatic heterocycles. The Morgan fingerprint density at radius 3 is 0.903 bits per heavy atom. The zero-order valence-corrected chi connectivity index (χ0v) is 34.4. The molecule has 388 valence electrons. The topological polar surface area (TPSA) is 199 Å². The number of halogens is 16. The molecule has 0 amide bonds. The van der Waals surface area contributed by atoms with Crippen molar-refractivity contribution in [2.24, 2.45) is 0 Å². The molecular weight excluding hydrogens is 904 g/mol. The van der Waals surface area contributed by atoms with Gasteiger partial charge in [0, 0.05) is 18.5 Å². The van der Waals surface area contributed by atoms with E-state index in [4.69, 9.17) is 20.4 Å². The van der Waals surface area contributed by atoms with Gasteiger partial charge in [-0.2, -0.15) is 61.5 Å². The summed E-state index contributed by atoms with van der Waals surface area (Å²) in [5, 5.41) is 72.4. The maximum absolute atomic E-state index is 12.8. The summed E-state index contributed by atoms with van der Waals surface area (Å²) in [6, 6.07) is 0. The van der Waals surface area contributed by atoms with Crippen molar-refractivity contribution >= 4 is 0 Å². The zero-order valence-electron chi connectivity index (χ0n) is 34.4. The molecule has 0 heterocycles. The number of ether oxygens (including phenoxy) is 4. The Labute approximate surface area is 353 Å². The van der Waals surface area contributed by atoms with Crippen LogP contribution >= 0.6 is 0 Å². The normalized spacial score (nSPS) is 16.8. The van der Waals surface area contributed by atoms with Crippen LogP contribution in [0.3, 0.4) is 0 Å². The van der Waals surface area contributed by atoms with Crippen LogP contribution < -0.4 is 0 Å². The molecule has 0 fully saturated rings. The molecule has 0 radical (unpaired) electrons. The number of rotatable bonds is 26. The minimum Gasteiger partial charge on any atom is -0.393 e. The Morgan fingerprint density at radius 2 is 0.661 bits per heavy atom. The van der Waals surface area contributed by atoms with Crippen molar-refractivity contribution in [3.8, 4) is 0 Å². The lowest BCUT2D eigenvalue weighted by atomic mass is 10.0. The first-order valence-electron chi connectivity index (χ1n) is 18.4. The van der Waals surface area contributed by atoms with Crippen LogP contribution in [-0.4, -0.2) is 179 Å². The summed E-state index contributed by atoms with van der Waals surface area (Å²) in [6.07, 6.45) is -24.4. The van der Waals surface area contributed by atoms with Crippen LogP contribution in [0.25, 0.3) is 0 Å². The molecule has 8 N–H and O–H groups in total. The predicted octanol–water partition coefficient (Wildman–Crippen LogP) is 6.61. The van der Waals surface area contributed by atoms with E-state index >= 15 is 0 Å². The molecule has 0 spiro atoms.